The number of nitrogens with two attached hydrogens (primary N) is 1. The van der Waals surface area contributed by atoms with E-state index in [0.717, 1.165) is 5.69 Å². The van der Waals surface area contributed by atoms with Crippen LogP contribution in [-0.2, 0) is 9.59 Å². The zero-order valence-electron chi connectivity index (χ0n) is 14.1. The van der Waals surface area contributed by atoms with Crippen molar-refractivity contribution < 1.29 is 19.1 Å². The Bertz CT molecular complexity index is 864. The molecule has 3 amide bonds. The van der Waals surface area contributed by atoms with Crippen LogP contribution in [0, 0.1) is 0 Å². The van der Waals surface area contributed by atoms with Crippen LogP contribution in [0.3, 0.4) is 0 Å². The van der Waals surface area contributed by atoms with Gasteiger partial charge in [-0.05, 0) is 42.5 Å². The van der Waals surface area contributed by atoms with Crippen LogP contribution in [-0.4, -0.2) is 37.9 Å². The molecule has 1 heterocycles. The van der Waals surface area contributed by atoms with E-state index in [2.05, 4.69) is 10.6 Å². The van der Waals surface area contributed by atoms with Gasteiger partial charge >= 0.3 is 0 Å². The van der Waals surface area contributed by atoms with Gasteiger partial charge in [0.15, 0.2) is 6.61 Å². The van der Waals surface area contributed by atoms with Crippen molar-refractivity contribution in [3.63, 3.8) is 0 Å². The third-order valence-corrected chi connectivity index (χ3v) is 3.82. The van der Waals surface area contributed by atoms with Crippen LogP contribution in [0.15, 0.2) is 42.5 Å². The number of carbonyl (C=O) groups excluding carboxylic acids is 3. The topological polar surface area (TPSA) is 114 Å². The molecule has 0 radical (unpaired) electrons. The van der Waals surface area contributed by atoms with E-state index in [9.17, 15) is 14.4 Å². The van der Waals surface area contributed by atoms with E-state index in [-0.39, 0.29) is 25.0 Å². The Morgan fingerprint density at radius 1 is 1.23 bits per heavy atom. The van der Waals surface area contributed by atoms with Gasteiger partial charge in [0.1, 0.15) is 5.75 Å². The highest BCUT2D eigenvalue weighted by atomic mass is 16.5. The standard InChI is InChI=1S/C18H18N4O4/c1-22-9-17(24)21-14-8-11(2-7-15(14)22)18(25)20-12-3-5-13(6-4-12)26-10-16(19)23/h2-8H,9-10H2,1H3,(H2,19,23)(H,20,25)(H,21,24). The third-order valence-electron chi connectivity index (χ3n) is 3.82. The molecule has 2 aromatic carbocycles. The quantitative estimate of drug-likeness (QED) is 0.746. The molecule has 3 rings (SSSR count). The Kier molecular flexibility index (Phi) is 4.74. The molecule has 0 saturated carbocycles. The molecule has 134 valence electrons. The number of benzene rings is 2. The summed E-state index contributed by atoms with van der Waals surface area (Å²) in [4.78, 5) is 36.6. The Labute approximate surface area is 149 Å². The first kappa shape index (κ1) is 17.3. The highest BCUT2D eigenvalue weighted by Crippen LogP contribution is 2.29. The Hall–Kier alpha value is -3.55. The van der Waals surface area contributed by atoms with Gasteiger partial charge in [-0.25, -0.2) is 0 Å². The van der Waals surface area contributed by atoms with Crippen LogP contribution in [0.5, 0.6) is 5.75 Å². The van der Waals surface area contributed by atoms with Crippen LogP contribution in [0.2, 0.25) is 0 Å². The minimum Gasteiger partial charge on any atom is -0.484 e. The molecule has 1 aliphatic rings. The lowest BCUT2D eigenvalue weighted by Crippen LogP contribution is -2.35. The van der Waals surface area contributed by atoms with Crippen LogP contribution in [0.25, 0.3) is 0 Å². The Morgan fingerprint density at radius 3 is 2.65 bits per heavy atom. The van der Waals surface area contributed by atoms with Gasteiger partial charge in [0.25, 0.3) is 11.8 Å². The third kappa shape index (κ3) is 3.92. The zero-order chi connectivity index (χ0) is 18.7. The molecule has 1 aliphatic heterocycles. The monoisotopic (exact) mass is 354 g/mol. The van der Waals surface area contributed by atoms with Crippen LogP contribution < -0.4 is 26.0 Å². The van der Waals surface area contributed by atoms with Gasteiger partial charge in [-0.3, -0.25) is 14.4 Å². The first-order valence-corrected chi connectivity index (χ1v) is 7.90. The molecule has 0 saturated heterocycles. The van der Waals surface area contributed by atoms with Gasteiger partial charge in [-0.2, -0.15) is 0 Å². The average Bonchev–Trinajstić information content (AvgIpc) is 2.60. The zero-order valence-corrected chi connectivity index (χ0v) is 14.1. The average molecular weight is 354 g/mol. The maximum Gasteiger partial charge on any atom is 0.255 e. The second-order valence-corrected chi connectivity index (χ2v) is 5.87. The van der Waals surface area contributed by atoms with E-state index < -0.39 is 5.91 Å². The first-order chi connectivity index (χ1) is 12.4. The van der Waals surface area contributed by atoms with E-state index in [4.69, 9.17) is 10.5 Å². The summed E-state index contributed by atoms with van der Waals surface area (Å²) in [6.45, 7) is 0.0731. The minimum absolute atomic E-state index is 0.121. The van der Waals surface area contributed by atoms with Gasteiger partial charge in [-0.1, -0.05) is 0 Å². The predicted octanol–water partition coefficient (Wildman–Crippen LogP) is 1.19. The van der Waals surface area contributed by atoms with E-state index in [1.54, 1.807) is 42.5 Å². The molecule has 0 unspecified atom stereocenters. The van der Waals surface area contributed by atoms with E-state index in [1.165, 1.54) is 0 Å². The summed E-state index contributed by atoms with van der Waals surface area (Å²) in [5.41, 5.74) is 7.47. The van der Waals surface area contributed by atoms with Gasteiger partial charge in [-0.15, -0.1) is 0 Å². The lowest BCUT2D eigenvalue weighted by molar-refractivity contribution is -0.120. The maximum absolute atomic E-state index is 12.4. The van der Waals surface area contributed by atoms with Crippen molar-refractivity contribution in [1.29, 1.82) is 0 Å². The van der Waals surface area contributed by atoms with E-state index in [1.807, 2.05) is 11.9 Å². The molecule has 0 spiro atoms. The minimum atomic E-state index is -0.562. The summed E-state index contributed by atoms with van der Waals surface area (Å²) in [5.74, 6) is -0.515. The normalized spacial score (nSPS) is 12.8. The molecule has 0 bridgehead atoms. The summed E-state index contributed by atoms with van der Waals surface area (Å²) < 4.78 is 5.16. The smallest absolute Gasteiger partial charge is 0.255 e. The number of anilines is 3. The Balaban J connectivity index is 1.69. The number of ether oxygens (including phenoxy) is 1. The molecule has 26 heavy (non-hydrogen) atoms. The van der Waals surface area contributed by atoms with E-state index >= 15 is 0 Å². The maximum atomic E-state index is 12.4. The summed E-state index contributed by atoms with van der Waals surface area (Å²) in [6, 6.07) is 11.7. The van der Waals surface area contributed by atoms with Gasteiger partial charge in [0.05, 0.1) is 17.9 Å². The predicted molar refractivity (Wildman–Crippen MR) is 97.4 cm³/mol. The van der Waals surface area contributed by atoms with Crippen molar-refractivity contribution in [3.05, 3.63) is 48.0 Å². The second kappa shape index (κ2) is 7.14. The summed E-state index contributed by atoms with van der Waals surface area (Å²) in [5, 5.41) is 5.53. The molecule has 0 atom stereocenters. The number of nitrogens with one attached hydrogen (secondary N) is 2. The molecule has 0 aliphatic carbocycles. The summed E-state index contributed by atoms with van der Waals surface area (Å²) in [6.07, 6.45) is 0. The van der Waals surface area contributed by atoms with Crippen molar-refractivity contribution in [3.8, 4) is 5.75 Å². The van der Waals surface area contributed by atoms with E-state index in [0.29, 0.717) is 22.7 Å². The molecule has 8 heteroatoms. The highest BCUT2D eigenvalue weighted by Gasteiger charge is 2.20. The molecular formula is C18H18N4O4. The van der Waals surface area contributed by atoms with Crippen molar-refractivity contribution in [2.45, 2.75) is 0 Å². The fourth-order valence-electron chi connectivity index (χ4n) is 2.59. The largest absolute Gasteiger partial charge is 0.484 e. The number of fused-ring (bicyclic) bond motifs is 1. The van der Waals surface area contributed by atoms with Crippen LogP contribution in [0.1, 0.15) is 10.4 Å². The fraction of sp³-hybridized carbons (Fsp3) is 0.167. The SMILES string of the molecule is CN1CC(=O)Nc2cc(C(=O)Nc3ccc(OCC(N)=O)cc3)ccc21. The number of likely N-dealkylation sites (N-methyl/N-ethyl adjacent to an activating group) is 1. The van der Waals surface area contributed by atoms with Crippen LogP contribution >= 0.6 is 0 Å². The lowest BCUT2D eigenvalue weighted by Gasteiger charge is -2.27. The van der Waals surface area contributed by atoms with Gasteiger partial charge in [0.2, 0.25) is 5.91 Å². The van der Waals surface area contributed by atoms with Crippen molar-refractivity contribution in [2.24, 2.45) is 5.73 Å². The number of primary amides is 1. The molecule has 2 aromatic rings. The lowest BCUT2D eigenvalue weighted by atomic mass is 10.1. The van der Waals surface area contributed by atoms with Crippen molar-refractivity contribution >= 4 is 34.8 Å². The van der Waals surface area contributed by atoms with Gasteiger partial charge in [0, 0.05) is 18.3 Å². The molecule has 8 nitrogen and oxygen atoms in total. The molecule has 0 fully saturated rings. The number of rotatable bonds is 5. The fourth-order valence-corrected chi connectivity index (χ4v) is 2.59. The van der Waals surface area contributed by atoms with Gasteiger partial charge < -0.3 is 26.0 Å². The first-order valence-electron chi connectivity index (χ1n) is 7.90. The number of nitrogens with zero attached hydrogens (tertiary/aromatic N) is 1. The number of hydrogen-bond donors (Lipinski definition) is 3. The summed E-state index contributed by atoms with van der Waals surface area (Å²) in [7, 11) is 1.82. The highest BCUT2D eigenvalue weighted by molar-refractivity contribution is 6.07. The molecular weight excluding hydrogens is 336 g/mol. The number of amides is 3. The Morgan fingerprint density at radius 2 is 1.96 bits per heavy atom. The van der Waals surface area contributed by atoms with Crippen LogP contribution in [0.4, 0.5) is 17.1 Å². The second-order valence-electron chi connectivity index (χ2n) is 5.87. The summed E-state index contributed by atoms with van der Waals surface area (Å²) >= 11 is 0. The molecule has 0 aromatic heterocycles. The van der Waals surface area contributed by atoms with Crippen molar-refractivity contribution in [1.82, 2.24) is 0 Å². The van der Waals surface area contributed by atoms with Crippen molar-refractivity contribution in [2.75, 3.05) is 35.7 Å². The number of hydrogen-bond acceptors (Lipinski definition) is 5. The number of carbonyl (C=O) groups is 3. The molecule has 4 N–H and O–H groups in total.